The minimum Gasteiger partial charge on any atom is -0.480 e. The molecule has 0 saturated carbocycles. The Morgan fingerprint density at radius 3 is 2.73 bits per heavy atom. The van der Waals surface area contributed by atoms with Gasteiger partial charge in [0, 0.05) is 23.5 Å². The van der Waals surface area contributed by atoms with Crippen molar-refractivity contribution in [2.24, 2.45) is 5.92 Å². The van der Waals surface area contributed by atoms with Crippen LogP contribution in [0.2, 0.25) is 0 Å². The molecule has 2 aromatic rings. The van der Waals surface area contributed by atoms with Gasteiger partial charge in [-0.1, -0.05) is 13.8 Å². The Bertz CT molecular complexity index is 775. The Morgan fingerprint density at radius 1 is 1.45 bits per heavy atom. The third-order valence-corrected chi connectivity index (χ3v) is 3.43. The number of carbonyl (C=O) groups excluding carboxylic acids is 1. The molecule has 3 N–H and O–H groups in total. The second kappa shape index (κ2) is 6.00. The Balaban J connectivity index is 2.25. The second-order valence-corrected chi connectivity index (χ2v) is 5.44. The molecule has 2 rings (SSSR count). The number of aromatic amines is 1. The average molecular weight is 306 g/mol. The number of nitrogens with zero attached hydrogens (tertiary/aromatic N) is 2. The summed E-state index contributed by atoms with van der Waals surface area (Å²) < 4.78 is 1.24. The summed E-state index contributed by atoms with van der Waals surface area (Å²) in [5, 5.41) is 14.2. The van der Waals surface area contributed by atoms with E-state index in [0.717, 1.165) is 0 Å². The molecule has 0 aliphatic carbocycles. The lowest BCUT2D eigenvalue weighted by Crippen LogP contribution is -2.45. The minimum atomic E-state index is -1.10. The molecule has 1 unspecified atom stereocenters. The number of carboxylic acids is 1. The third-order valence-electron chi connectivity index (χ3n) is 3.43. The fraction of sp³-hybridized carbons (Fsp3) is 0.429. The molecule has 0 aromatic carbocycles. The van der Waals surface area contributed by atoms with E-state index in [1.54, 1.807) is 33.0 Å². The molecule has 8 nitrogen and oxygen atoms in total. The van der Waals surface area contributed by atoms with Crippen LogP contribution in [0.5, 0.6) is 0 Å². The van der Waals surface area contributed by atoms with Crippen LogP contribution >= 0.6 is 0 Å². The van der Waals surface area contributed by atoms with E-state index in [2.05, 4.69) is 15.4 Å². The van der Waals surface area contributed by atoms with E-state index in [0.29, 0.717) is 11.3 Å². The third kappa shape index (κ3) is 3.00. The molecule has 1 amide bonds. The molecule has 0 saturated heterocycles. The van der Waals surface area contributed by atoms with Crippen LogP contribution in [0.25, 0.3) is 5.65 Å². The molecule has 0 radical (unpaired) electrons. The van der Waals surface area contributed by atoms with Crippen molar-refractivity contribution in [1.29, 1.82) is 0 Å². The van der Waals surface area contributed by atoms with Gasteiger partial charge in [0.15, 0.2) is 5.65 Å². The first-order valence-electron chi connectivity index (χ1n) is 6.89. The Kier molecular flexibility index (Phi) is 4.30. The summed E-state index contributed by atoms with van der Waals surface area (Å²) in [5.74, 6) is -1.88. The Morgan fingerprint density at radius 2 is 2.14 bits per heavy atom. The van der Waals surface area contributed by atoms with Crippen LogP contribution in [0.3, 0.4) is 0 Å². The number of aliphatic carboxylic acids is 1. The van der Waals surface area contributed by atoms with Crippen LogP contribution in [0.15, 0.2) is 17.1 Å². The zero-order valence-electron chi connectivity index (χ0n) is 12.6. The normalized spacial score (nSPS) is 12.5. The highest BCUT2D eigenvalue weighted by atomic mass is 16.4. The van der Waals surface area contributed by atoms with Gasteiger partial charge in [0.25, 0.3) is 5.56 Å². The highest BCUT2D eigenvalue weighted by Gasteiger charge is 2.24. The molecule has 0 fully saturated rings. The van der Waals surface area contributed by atoms with E-state index < -0.39 is 17.9 Å². The lowest BCUT2D eigenvalue weighted by Gasteiger charge is -2.18. The highest BCUT2D eigenvalue weighted by molar-refractivity contribution is 5.85. The molecule has 22 heavy (non-hydrogen) atoms. The van der Waals surface area contributed by atoms with E-state index >= 15 is 0 Å². The second-order valence-electron chi connectivity index (χ2n) is 5.44. The Hall–Kier alpha value is -2.64. The van der Waals surface area contributed by atoms with Gasteiger partial charge in [-0.3, -0.25) is 14.7 Å². The van der Waals surface area contributed by atoms with Gasteiger partial charge in [0.1, 0.15) is 6.04 Å². The van der Waals surface area contributed by atoms with Crippen LogP contribution in [0.4, 0.5) is 0 Å². The number of carboxylic acid groups (broad SMARTS) is 1. The predicted molar refractivity (Wildman–Crippen MR) is 78.7 cm³/mol. The number of rotatable bonds is 5. The minimum absolute atomic E-state index is 0.212. The van der Waals surface area contributed by atoms with Crippen molar-refractivity contribution < 1.29 is 14.7 Å². The van der Waals surface area contributed by atoms with E-state index in [9.17, 15) is 14.4 Å². The number of aryl methyl sites for hydroxylation is 1. The molecule has 0 spiro atoms. The number of H-pyrrole nitrogens is 1. The summed E-state index contributed by atoms with van der Waals surface area (Å²) in [6.45, 7) is 5.05. The summed E-state index contributed by atoms with van der Waals surface area (Å²) in [4.78, 5) is 39.7. The first kappa shape index (κ1) is 15.7. The smallest absolute Gasteiger partial charge is 0.326 e. The maximum atomic E-state index is 12.3. The van der Waals surface area contributed by atoms with Crippen LogP contribution in [0.1, 0.15) is 25.1 Å². The number of hydrogen-bond donors (Lipinski definition) is 3. The van der Waals surface area contributed by atoms with E-state index in [1.165, 1.54) is 4.52 Å². The molecule has 0 bridgehead atoms. The molecule has 2 aromatic heterocycles. The van der Waals surface area contributed by atoms with Gasteiger partial charge in [-0.2, -0.15) is 0 Å². The molecule has 0 aliphatic heterocycles. The first-order chi connectivity index (χ1) is 10.3. The SMILES string of the molecule is Cc1nc2cc[nH]n2c(=O)c1CC(=O)NC(C(=O)O)C(C)C. The van der Waals surface area contributed by atoms with Gasteiger partial charge in [-0.15, -0.1) is 0 Å². The van der Waals surface area contributed by atoms with Crippen molar-refractivity contribution in [2.45, 2.75) is 33.2 Å². The number of fused-ring (bicyclic) bond motifs is 1. The van der Waals surface area contributed by atoms with E-state index in [4.69, 9.17) is 5.11 Å². The van der Waals surface area contributed by atoms with Crippen LogP contribution in [-0.4, -0.2) is 37.6 Å². The molecule has 8 heteroatoms. The lowest BCUT2D eigenvalue weighted by molar-refractivity contribution is -0.143. The number of amides is 1. The topological polar surface area (TPSA) is 117 Å². The van der Waals surface area contributed by atoms with Crippen molar-refractivity contribution in [3.63, 3.8) is 0 Å². The van der Waals surface area contributed by atoms with Crippen molar-refractivity contribution in [3.8, 4) is 0 Å². The summed E-state index contributed by atoms with van der Waals surface area (Å²) in [6, 6.07) is 0.662. The van der Waals surface area contributed by atoms with Gasteiger partial charge < -0.3 is 10.4 Å². The van der Waals surface area contributed by atoms with Gasteiger partial charge in [0.2, 0.25) is 5.91 Å². The zero-order valence-corrected chi connectivity index (χ0v) is 12.6. The quantitative estimate of drug-likeness (QED) is 0.724. The van der Waals surface area contributed by atoms with Gasteiger partial charge in [-0.25, -0.2) is 14.3 Å². The van der Waals surface area contributed by atoms with Crippen molar-refractivity contribution >= 4 is 17.5 Å². The summed E-state index contributed by atoms with van der Waals surface area (Å²) in [5.41, 5.74) is 0.804. The van der Waals surface area contributed by atoms with E-state index in [1.807, 2.05) is 0 Å². The highest BCUT2D eigenvalue weighted by Crippen LogP contribution is 2.06. The van der Waals surface area contributed by atoms with Gasteiger partial charge in [0.05, 0.1) is 6.42 Å². The van der Waals surface area contributed by atoms with Crippen molar-refractivity contribution in [1.82, 2.24) is 19.9 Å². The average Bonchev–Trinajstić information content (AvgIpc) is 2.88. The zero-order chi connectivity index (χ0) is 16.4. The molecule has 1 atom stereocenters. The lowest BCUT2D eigenvalue weighted by atomic mass is 10.0. The monoisotopic (exact) mass is 306 g/mol. The molecular weight excluding hydrogens is 288 g/mol. The van der Waals surface area contributed by atoms with Crippen molar-refractivity contribution in [2.75, 3.05) is 0 Å². The van der Waals surface area contributed by atoms with Gasteiger partial charge >= 0.3 is 5.97 Å². The number of carbonyl (C=O) groups is 2. The first-order valence-corrected chi connectivity index (χ1v) is 6.89. The summed E-state index contributed by atoms with van der Waals surface area (Å²) in [7, 11) is 0. The van der Waals surface area contributed by atoms with E-state index in [-0.39, 0.29) is 23.5 Å². The molecule has 2 heterocycles. The summed E-state index contributed by atoms with van der Waals surface area (Å²) in [6.07, 6.45) is 1.36. The number of hydrogen-bond acceptors (Lipinski definition) is 4. The largest absolute Gasteiger partial charge is 0.480 e. The maximum Gasteiger partial charge on any atom is 0.326 e. The Labute approximate surface area is 126 Å². The van der Waals surface area contributed by atoms with Crippen LogP contribution < -0.4 is 10.9 Å². The standard InChI is InChI=1S/C14H18N4O4/c1-7(2)12(14(21)22)17-11(19)6-9-8(3)16-10-4-5-15-18(10)13(9)20/h4-5,7,12,15H,6H2,1-3H3,(H,17,19)(H,21,22). The fourth-order valence-corrected chi connectivity index (χ4v) is 2.21. The molecule has 0 aliphatic rings. The summed E-state index contributed by atoms with van der Waals surface area (Å²) >= 11 is 0. The van der Waals surface area contributed by atoms with Gasteiger partial charge in [-0.05, 0) is 12.8 Å². The number of aromatic nitrogens is 3. The van der Waals surface area contributed by atoms with Crippen LogP contribution in [0, 0.1) is 12.8 Å². The fourth-order valence-electron chi connectivity index (χ4n) is 2.21. The molecule has 118 valence electrons. The molecular formula is C14H18N4O4. The predicted octanol–water partition coefficient (Wildman–Crippen LogP) is 0.0989. The van der Waals surface area contributed by atoms with Crippen LogP contribution in [-0.2, 0) is 16.0 Å². The maximum absolute atomic E-state index is 12.3. The number of nitrogens with one attached hydrogen (secondary N) is 2. The van der Waals surface area contributed by atoms with Crippen molar-refractivity contribution in [3.05, 3.63) is 33.9 Å².